The summed E-state index contributed by atoms with van der Waals surface area (Å²) in [6, 6.07) is 23.8. The second-order valence-corrected chi connectivity index (χ2v) is 6.29. The molecule has 2 heterocycles. The monoisotopic (exact) mass is 369 g/mol. The summed E-state index contributed by atoms with van der Waals surface area (Å²) < 4.78 is 5.81. The van der Waals surface area contributed by atoms with E-state index in [1.54, 1.807) is 6.20 Å². The third-order valence-corrected chi connectivity index (χ3v) is 4.51. The van der Waals surface area contributed by atoms with Crippen LogP contribution < -0.4 is 5.73 Å². The van der Waals surface area contributed by atoms with Crippen molar-refractivity contribution in [2.75, 3.05) is 5.73 Å². The number of nitrogens with two attached hydrogens (primary N) is 1. The molecule has 0 radical (unpaired) electrons. The van der Waals surface area contributed by atoms with E-state index in [-0.39, 0.29) is 14.6 Å². The zero-order chi connectivity index (χ0) is 18.9. The van der Waals surface area contributed by atoms with Crippen molar-refractivity contribution in [2.24, 2.45) is 0 Å². The van der Waals surface area contributed by atoms with Crippen LogP contribution in [0.5, 0.6) is 0 Å². The summed E-state index contributed by atoms with van der Waals surface area (Å²) in [6.45, 7) is 0. The summed E-state index contributed by atoms with van der Waals surface area (Å²) >= 11 is 0. The molecule has 5 rings (SSSR count). The molecule has 0 saturated carbocycles. The Hall–Kier alpha value is -4.06. The molecule has 5 aromatic rings. The van der Waals surface area contributed by atoms with E-state index in [0.717, 1.165) is 21.9 Å². The highest BCUT2D eigenvalue weighted by Gasteiger charge is 2.17. The van der Waals surface area contributed by atoms with Gasteiger partial charge in [-0.1, -0.05) is 60.7 Å². The van der Waals surface area contributed by atoms with E-state index >= 15 is 0 Å². The van der Waals surface area contributed by atoms with Crippen LogP contribution in [0.2, 0.25) is 0 Å². The fraction of sp³-hybridized carbons (Fsp3) is 0. The minimum atomic E-state index is 0. The molecule has 0 amide bonds. The average Bonchev–Trinajstić information content (AvgIpc) is 3.24. The topological polar surface area (TPSA) is 90.7 Å². The molecular weight excluding hydrogens is 350 g/mol. The van der Waals surface area contributed by atoms with Gasteiger partial charge in [0.2, 0.25) is 5.89 Å². The molecule has 28 heavy (non-hydrogen) atoms. The van der Waals surface area contributed by atoms with E-state index in [2.05, 4.69) is 38.4 Å². The second-order valence-electron chi connectivity index (χ2n) is 6.29. The zero-order valence-electron chi connectivity index (χ0n) is 14.8. The maximum Gasteiger partial charge on any atom is 0.270 e. The lowest BCUT2D eigenvalue weighted by atomic mass is 10.0. The highest BCUT2D eigenvalue weighted by Crippen LogP contribution is 2.31. The Morgan fingerprint density at radius 1 is 0.786 bits per heavy atom. The Morgan fingerprint density at radius 3 is 2.43 bits per heavy atom. The number of benzene rings is 3. The van der Waals surface area contributed by atoms with Crippen LogP contribution in [-0.4, -0.2) is 20.2 Å². The molecule has 0 saturated heterocycles. The molecule has 6 nitrogen and oxygen atoms in total. The number of hydrogen-bond donors (Lipinski definition) is 1. The van der Waals surface area contributed by atoms with Gasteiger partial charge in [0.15, 0.2) is 11.5 Å². The van der Waals surface area contributed by atoms with Crippen molar-refractivity contribution < 1.29 is 7.27 Å². The first-order valence-corrected chi connectivity index (χ1v) is 8.79. The van der Waals surface area contributed by atoms with E-state index in [1.807, 2.05) is 54.6 Å². The minimum Gasteiger partial charge on any atom is -0.414 e. The van der Waals surface area contributed by atoms with Crippen molar-refractivity contribution in [2.45, 2.75) is 0 Å². The first-order chi connectivity index (χ1) is 13.8. The highest BCUT2D eigenvalue weighted by atomic mass is 16.4. The summed E-state index contributed by atoms with van der Waals surface area (Å²) in [7, 11) is 0. The van der Waals surface area contributed by atoms with Crippen LogP contribution in [0.3, 0.4) is 0 Å². The molecule has 0 unspecified atom stereocenters. The van der Waals surface area contributed by atoms with Crippen molar-refractivity contribution >= 4 is 16.6 Å². The third kappa shape index (κ3) is 2.77. The summed E-state index contributed by atoms with van der Waals surface area (Å²) in [5, 5.41) is 10.5. The van der Waals surface area contributed by atoms with Gasteiger partial charge in [0.05, 0.1) is 11.9 Å². The fourth-order valence-corrected chi connectivity index (χ4v) is 3.15. The zero-order valence-corrected chi connectivity index (χ0v) is 14.8. The van der Waals surface area contributed by atoms with Crippen molar-refractivity contribution in [1.82, 2.24) is 20.2 Å². The van der Waals surface area contributed by atoms with Gasteiger partial charge in [0.25, 0.3) is 5.89 Å². The number of nitrogens with zero attached hydrogens (tertiary/aromatic N) is 4. The van der Waals surface area contributed by atoms with Gasteiger partial charge in [-0.2, -0.15) is 0 Å². The number of aromatic nitrogens is 4. The number of anilines is 1. The normalized spacial score (nSPS) is 11.0. The first-order valence-electron chi connectivity index (χ1n) is 8.79. The van der Waals surface area contributed by atoms with E-state index < -0.39 is 0 Å². The summed E-state index contributed by atoms with van der Waals surface area (Å²) in [5.41, 5.74) is 8.93. The molecule has 2 N–H and O–H groups in total. The molecule has 2 aromatic heterocycles. The van der Waals surface area contributed by atoms with Gasteiger partial charge in [0.1, 0.15) is 0 Å². The maximum absolute atomic E-state index is 6.06. The molecule has 0 bridgehead atoms. The van der Waals surface area contributed by atoms with Crippen LogP contribution in [0.15, 0.2) is 83.4 Å². The van der Waals surface area contributed by atoms with E-state index in [9.17, 15) is 0 Å². The molecule has 6 heteroatoms. The van der Waals surface area contributed by atoms with Crippen LogP contribution in [0.1, 0.15) is 2.85 Å². The number of rotatable bonds is 3. The highest BCUT2D eigenvalue weighted by molar-refractivity contribution is 5.96. The molecule has 0 aliphatic carbocycles. The lowest BCUT2D eigenvalue weighted by Crippen LogP contribution is -1.99. The standard InChI is InChI=1S/C22H15N5O.2H2/c23-20-19(22-27-26-21(28-22)15-8-2-1-3-9-15)25-18(13-24-20)17-12-6-10-14-7-4-5-11-16(14)17;;/h1-13H,(H2,23,24);2*1H. The van der Waals surface area contributed by atoms with Crippen molar-refractivity contribution in [3.8, 4) is 34.3 Å². The fourth-order valence-electron chi connectivity index (χ4n) is 3.15. The molecular formula is C22H19N5O. The second kappa shape index (κ2) is 6.59. The lowest BCUT2D eigenvalue weighted by molar-refractivity contribution is 0.582. The van der Waals surface area contributed by atoms with Gasteiger partial charge < -0.3 is 10.2 Å². The number of hydrogen-bond acceptors (Lipinski definition) is 6. The number of fused-ring (bicyclic) bond motifs is 1. The van der Waals surface area contributed by atoms with Gasteiger partial charge in [-0.3, -0.25) is 0 Å². The van der Waals surface area contributed by atoms with Crippen LogP contribution in [-0.2, 0) is 0 Å². The van der Waals surface area contributed by atoms with E-state index in [0.29, 0.717) is 17.3 Å². The smallest absolute Gasteiger partial charge is 0.270 e. The van der Waals surface area contributed by atoms with Gasteiger partial charge in [0, 0.05) is 14.0 Å². The summed E-state index contributed by atoms with van der Waals surface area (Å²) in [6.07, 6.45) is 1.66. The van der Waals surface area contributed by atoms with Gasteiger partial charge in [-0.25, -0.2) is 9.97 Å². The largest absolute Gasteiger partial charge is 0.414 e. The summed E-state index contributed by atoms with van der Waals surface area (Å²) in [5.74, 6) is 0.894. The lowest BCUT2D eigenvalue weighted by Gasteiger charge is -2.07. The summed E-state index contributed by atoms with van der Waals surface area (Å²) in [4.78, 5) is 8.99. The Labute approximate surface area is 163 Å². The first kappa shape index (κ1) is 16.1. The van der Waals surface area contributed by atoms with Crippen LogP contribution >= 0.6 is 0 Å². The Kier molecular flexibility index (Phi) is 3.80. The Bertz CT molecular complexity index is 1290. The molecule has 0 atom stereocenters. The van der Waals surface area contributed by atoms with Crippen molar-refractivity contribution in [3.05, 3.63) is 79.0 Å². The predicted molar refractivity (Wildman–Crippen MR) is 112 cm³/mol. The molecule has 0 aliphatic rings. The molecule has 0 spiro atoms. The minimum absolute atomic E-state index is 0. The van der Waals surface area contributed by atoms with Crippen molar-refractivity contribution in [3.63, 3.8) is 0 Å². The van der Waals surface area contributed by atoms with Crippen molar-refractivity contribution in [1.29, 1.82) is 0 Å². The predicted octanol–water partition coefficient (Wildman–Crippen LogP) is 5.09. The van der Waals surface area contributed by atoms with Gasteiger partial charge in [-0.05, 0) is 22.9 Å². The quantitative estimate of drug-likeness (QED) is 0.476. The molecule has 3 aromatic carbocycles. The third-order valence-electron chi connectivity index (χ3n) is 4.51. The van der Waals surface area contributed by atoms with Gasteiger partial charge in [-0.15, -0.1) is 10.2 Å². The van der Waals surface area contributed by atoms with Crippen LogP contribution in [0, 0.1) is 0 Å². The van der Waals surface area contributed by atoms with E-state index in [1.165, 1.54) is 0 Å². The van der Waals surface area contributed by atoms with Crippen LogP contribution in [0.4, 0.5) is 5.82 Å². The van der Waals surface area contributed by atoms with Gasteiger partial charge >= 0.3 is 0 Å². The molecule has 0 aliphatic heterocycles. The maximum atomic E-state index is 6.06. The molecule has 138 valence electrons. The van der Waals surface area contributed by atoms with E-state index in [4.69, 9.17) is 10.2 Å². The SMILES string of the molecule is Nc1ncc(-c2cccc3ccccc23)nc1-c1nnc(-c2ccccc2)o1.[HH].[HH]. The number of nitrogen functional groups attached to an aromatic ring is 1. The Balaban J connectivity index is 0.00000128. The Morgan fingerprint density at radius 2 is 1.54 bits per heavy atom. The average molecular weight is 369 g/mol. The van der Waals surface area contributed by atoms with Crippen LogP contribution in [0.25, 0.3) is 45.1 Å². The molecule has 0 fully saturated rings.